The maximum Gasteiger partial charge on any atom is 0.231 e. The highest BCUT2D eigenvalue weighted by Crippen LogP contribution is 2.28. The first kappa shape index (κ1) is 23.1. The lowest BCUT2D eigenvalue weighted by Crippen LogP contribution is -2.18. The first-order valence-electron chi connectivity index (χ1n) is 10.1. The first-order chi connectivity index (χ1) is 15.9. The van der Waals surface area contributed by atoms with Crippen molar-refractivity contribution in [3.05, 3.63) is 94.4 Å². The highest BCUT2D eigenvalue weighted by molar-refractivity contribution is 7.77. The zero-order chi connectivity index (χ0) is 23.4. The van der Waals surface area contributed by atoms with Gasteiger partial charge in [0.2, 0.25) is 11.3 Å². The summed E-state index contributed by atoms with van der Waals surface area (Å²) in [5.74, 6) is -1.27. The summed E-state index contributed by atoms with van der Waals surface area (Å²) < 4.78 is 36.5. The number of nitrogens with zero attached hydrogens (tertiary/aromatic N) is 2. The predicted octanol–water partition coefficient (Wildman–Crippen LogP) is 4.98. The molecule has 1 aromatic heterocycles. The molecule has 0 aliphatic rings. The van der Waals surface area contributed by atoms with E-state index in [2.05, 4.69) is 14.7 Å². The standard InChI is InChI=1S/C24H19ClFN3O3S/c25-23-16(7-4-12-28-33(31)32)8-10-18(26)22(23)24(30)17-9-11-19-20(13-17)29-21(14-27-19)15-5-2-1-3-6-15/h1-3,5-6,8-11,13-14,28H,4,7,12H2,(H,31,32). The second kappa shape index (κ2) is 10.3. The molecule has 6 nitrogen and oxygen atoms in total. The molecule has 33 heavy (non-hydrogen) atoms. The van der Waals surface area contributed by atoms with E-state index in [1.807, 2.05) is 30.3 Å². The second-order valence-electron chi connectivity index (χ2n) is 7.30. The average Bonchev–Trinajstić information content (AvgIpc) is 2.82. The van der Waals surface area contributed by atoms with E-state index in [0.29, 0.717) is 35.1 Å². The van der Waals surface area contributed by atoms with Crippen LogP contribution in [0.1, 0.15) is 27.9 Å². The fourth-order valence-electron chi connectivity index (χ4n) is 3.48. The van der Waals surface area contributed by atoms with Crippen molar-refractivity contribution in [1.82, 2.24) is 14.7 Å². The summed E-state index contributed by atoms with van der Waals surface area (Å²) in [6.07, 6.45) is 2.56. The Hall–Kier alpha value is -3.04. The van der Waals surface area contributed by atoms with Crippen molar-refractivity contribution in [2.24, 2.45) is 0 Å². The Morgan fingerprint density at radius 3 is 2.64 bits per heavy atom. The predicted molar refractivity (Wildman–Crippen MR) is 127 cm³/mol. The van der Waals surface area contributed by atoms with Gasteiger partial charge in [0, 0.05) is 17.7 Å². The molecular formula is C24H19ClFN3O3S. The molecular weight excluding hydrogens is 465 g/mol. The molecule has 9 heteroatoms. The highest BCUT2D eigenvalue weighted by Gasteiger charge is 2.21. The van der Waals surface area contributed by atoms with Gasteiger partial charge in [0.25, 0.3) is 0 Å². The molecule has 1 heterocycles. The van der Waals surface area contributed by atoms with Crippen molar-refractivity contribution in [3.8, 4) is 11.3 Å². The molecule has 0 spiro atoms. The maximum atomic E-state index is 14.6. The molecule has 4 aromatic rings. The number of nitrogens with one attached hydrogen (secondary N) is 1. The molecule has 0 saturated carbocycles. The molecule has 1 unspecified atom stereocenters. The SMILES string of the molecule is O=C(c1ccc2ncc(-c3ccccc3)nc2c1)c1c(F)ccc(CCCNS(=O)O)c1Cl. The molecule has 1 atom stereocenters. The quantitative estimate of drug-likeness (QED) is 0.209. The molecule has 3 aromatic carbocycles. The van der Waals surface area contributed by atoms with Gasteiger partial charge in [-0.15, -0.1) is 0 Å². The molecule has 0 aliphatic heterocycles. The van der Waals surface area contributed by atoms with Crippen LogP contribution >= 0.6 is 11.6 Å². The number of hydrogen-bond donors (Lipinski definition) is 2. The van der Waals surface area contributed by atoms with E-state index >= 15 is 0 Å². The van der Waals surface area contributed by atoms with Gasteiger partial charge in [0.05, 0.1) is 33.5 Å². The Bertz CT molecular complexity index is 1350. The second-order valence-corrected chi connectivity index (χ2v) is 8.46. The van der Waals surface area contributed by atoms with Crippen molar-refractivity contribution in [1.29, 1.82) is 0 Å². The number of hydrogen-bond acceptors (Lipinski definition) is 4. The molecule has 0 radical (unpaired) electrons. The third-order valence-electron chi connectivity index (χ3n) is 5.12. The van der Waals surface area contributed by atoms with E-state index in [0.717, 1.165) is 5.56 Å². The Morgan fingerprint density at radius 2 is 1.88 bits per heavy atom. The van der Waals surface area contributed by atoms with Crippen LogP contribution < -0.4 is 4.72 Å². The van der Waals surface area contributed by atoms with Crippen LogP contribution in [0.25, 0.3) is 22.3 Å². The number of benzene rings is 3. The van der Waals surface area contributed by atoms with E-state index in [1.165, 1.54) is 12.1 Å². The van der Waals surface area contributed by atoms with E-state index in [-0.39, 0.29) is 22.7 Å². The topological polar surface area (TPSA) is 92.2 Å². The summed E-state index contributed by atoms with van der Waals surface area (Å²) >= 11 is 4.30. The zero-order valence-electron chi connectivity index (χ0n) is 17.3. The van der Waals surface area contributed by atoms with E-state index in [1.54, 1.807) is 24.4 Å². The van der Waals surface area contributed by atoms with Crippen LogP contribution in [0, 0.1) is 5.82 Å². The minimum Gasteiger partial charge on any atom is -0.294 e. The summed E-state index contributed by atoms with van der Waals surface area (Å²) in [5, 5.41) is 0.0364. The van der Waals surface area contributed by atoms with Crippen LogP contribution in [0.5, 0.6) is 0 Å². The maximum absolute atomic E-state index is 14.6. The average molecular weight is 484 g/mol. The number of carbonyl (C=O) groups is 1. The van der Waals surface area contributed by atoms with Gasteiger partial charge in [-0.25, -0.2) is 18.3 Å². The van der Waals surface area contributed by atoms with E-state index in [9.17, 15) is 13.4 Å². The van der Waals surface area contributed by atoms with Gasteiger partial charge in [0.1, 0.15) is 5.82 Å². The minimum absolute atomic E-state index is 0.0364. The number of fused-ring (bicyclic) bond motifs is 1. The summed E-state index contributed by atoms with van der Waals surface area (Å²) in [6, 6.07) is 17.1. The van der Waals surface area contributed by atoms with Gasteiger partial charge in [0.15, 0.2) is 5.78 Å². The molecule has 168 valence electrons. The third-order valence-corrected chi connectivity index (χ3v) is 6.00. The number of aryl methyl sites for hydroxylation is 1. The first-order valence-corrected chi connectivity index (χ1v) is 11.6. The van der Waals surface area contributed by atoms with Gasteiger partial charge in [-0.05, 0) is 42.7 Å². The Morgan fingerprint density at radius 1 is 1.09 bits per heavy atom. The van der Waals surface area contributed by atoms with Crippen LogP contribution in [-0.2, 0) is 17.7 Å². The summed E-state index contributed by atoms with van der Waals surface area (Å²) in [4.78, 5) is 22.2. The smallest absolute Gasteiger partial charge is 0.231 e. The van der Waals surface area contributed by atoms with Crippen molar-refractivity contribution in [2.45, 2.75) is 12.8 Å². The van der Waals surface area contributed by atoms with Gasteiger partial charge in [-0.1, -0.05) is 48.0 Å². The van der Waals surface area contributed by atoms with E-state index < -0.39 is 22.9 Å². The molecule has 2 N–H and O–H groups in total. The lowest BCUT2D eigenvalue weighted by atomic mass is 9.98. The molecule has 0 bridgehead atoms. The third kappa shape index (κ3) is 5.31. The summed E-state index contributed by atoms with van der Waals surface area (Å²) in [7, 11) is 0. The summed E-state index contributed by atoms with van der Waals surface area (Å²) in [5.41, 5.74) is 3.30. The van der Waals surface area contributed by atoms with Crippen LogP contribution in [0.2, 0.25) is 5.02 Å². The fraction of sp³-hybridized carbons (Fsp3) is 0.125. The van der Waals surface area contributed by atoms with Crippen molar-refractivity contribution >= 4 is 39.7 Å². The molecule has 4 rings (SSSR count). The minimum atomic E-state index is -2.10. The summed E-state index contributed by atoms with van der Waals surface area (Å²) in [6.45, 7) is 0.271. The normalized spacial score (nSPS) is 12.1. The molecule has 0 saturated heterocycles. The van der Waals surface area contributed by atoms with Crippen molar-refractivity contribution in [3.63, 3.8) is 0 Å². The van der Waals surface area contributed by atoms with Crippen LogP contribution in [0.15, 0.2) is 66.9 Å². The lowest BCUT2D eigenvalue weighted by Gasteiger charge is -2.11. The van der Waals surface area contributed by atoms with Gasteiger partial charge >= 0.3 is 0 Å². The van der Waals surface area contributed by atoms with Crippen molar-refractivity contribution in [2.75, 3.05) is 6.54 Å². The molecule has 0 aliphatic carbocycles. The largest absolute Gasteiger partial charge is 0.294 e. The zero-order valence-corrected chi connectivity index (χ0v) is 18.9. The molecule has 0 fully saturated rings. The van der Waals surface area contributed by atoms with Crippen LogP contribution in [0.4, 0.5) is 4.39 Å². The lowest BCUT2D eigenvalue weighted by molar-refractivity contribution is 0.103. The number of ketones is 1. The fourth-order valence-corrected chi connectivity index (χ4v) is 4.13. The van der Waals surface area contributed by atoms with Gasteiger partial charge in [-0.3, -0.25) is 14.3 Å². The van der Waals surface area contributed by atoms with Gasteiger partial charge < -0.3 is 0 Å². The monoisotopic (exact) mass is 483 g/mol. The number of aromatic nitrogens is 2. The van der Waals surface area contributed by atoms with E-state index in [4.69, 9.17) is 16.2 Å². The Kier molecular flexibility index (Phi) is 7.20. The van der Waals surface area contributed by atoms with Crippen LogP contribution in [0.3, 0.4) is 0 Å². The number of rotatable bonds is 8. The van der Waals surface area contributed by atoms with Crippen LogP contribution in [-0.4, -0.2) is 31.1 Å². The van der Waals surface area contributed by atoms with Gasteiger partial charge in [-0.2, -0.15) is 0 Å². The van der Waals surface area contributed by atoms with Crippen molar-refractivity contribution < 1.29 is 17.9 Å². The highest BCUT2D eigenvalue weighted by atomic mass is 35.5. The Balaban J connectivity index is 1.65. The number of halogens is 2. The molecule has 0 amide bonds. The Labute approximate surface area is 197 Å². The number of carbonyl (C=O) groups excluding carboxylic acids is 1.